The second-order valence-electron chi connectivity index (χ2n) is 6.26. The largest absolute Gasteiger partial charge is 0.369 e. The van der Waals surface area contributed by atoms with Crippen LogP contribution in [-0.4, -0.2) is 31.2 Å². The summed E-state index contributed by atoms with van der Waals surface area (Å²) in [5.41, 5.74) is 7.41. The Labute approximate surface area is 137 Å². The number of carbonyl (C=O) groups excluding carboxylic acids is 1. The van der Waals surface area contributed by atoms with Gasteiger partial charge in [0.15, 0.2) is 0 Å². The molecule has 0 aromatic heterocycles. The lowest BCUT2D eigenvalue weighted by atomic mass is 9.98. The molecule has 1 saturated carbocycles. The second-order valence-corrected chi connectivity index (χ2v) is 8.21. The maximum atomic E-state index is 13.1. The number of benzene rings is 1. The SMILES string of the molecule is NC(=O)CN(C1CCCC1)S(=O)(=O)C1=Cc2ccccc2CC1. The third-order valence-corrected chi connectivity index (χ3v) is 6.73. The van der Waals surface area contributed by atoms with E-state index < -0.39 is 15.9 Å². The lowest BCUT2D eigenvalue weighted by Crippen LogP contribution is -2.44. The quantitative estimate of drug-likeness (QED) is 0.894. The van der Waals surface area contributed by atoms with Gasteiger partial charge in [-0.1, -0.05) is 37.1 Å². The smallest absolute Gasteiger partial charge is 0.239 e. The number of hydrogen-bond acceptors (Lipinski definition) is 3. The third-order valence-electron chi connectivity index (χ3n) is 4.70. The Morgan fingerprint density at radius 1 is 1.17 bits per heavy atom. The Morgan fingerprint density at radius 2 is 1.87 bits per heavy atom. The van der Waals surface area contributed by atoms with E-state index in [4.69, 9.17) is 5.73 Å². The van der Waals surface area contributed by atoms with E-state index in [1.165, 1.54) is 4.31 Å². The van der Waals surface area contributed by atoms with Crippen molar-refractivity contribution in [2.75, 3.05) is 6.54 Å². The maximum Gasteiger partial charge on any atom is 0.239 e. The van der Waals surface area contributed by atoms with Crippen molar-refractivity contribution in [1.82, 2.24) is 4.31 Å². The highest BCUT2D eigenvalue weighted by Crippen LogP contribution is 2.33. The van der Waals surface area contributed by atoms with E-state index in [-0.39, 0.29) is 12.6 Å². The zero-order valence-corrected chi connectivity index (χ0v) is 13.9. The van der Waals surface area contributed by atoms with Crippen molar-refractivity contribution in [2.24, 2.45) is 5.73 Å². The highest BCUT2D eigenvalue weighted by atomic mass is 32.2. The fourth-order valence-electron chi connectivity index (χ4n) is 3.52. The molecule has 2 N–H and O–H groups in total. The van der Waals surface area contributed by atoms with Crippen molar-refractivity contribution in [1.29, 1.82) is 0 Å². The van der Waals surface area contributed by atoms with Gasteiger partial charge in [0, 0.05) is 6.04 Å². The highest BCUT2D eigenvalue weighted by Gasteiger charge is 2.36. The summed E-state index contributed by atoms with van der Waals surface area (Å²) >= 11 is 0. The highest BCUT2D eigenvalue weighted by molar-refractivity contribution is 7.93. The molecule has 124 valence electrons. The number of aryl methyl sites for hydroxylation is 1. The van der Waals surface area contributed by atoms with Gasteiger partial charge in [0.25, 0.3) is 0 Å². The number of carbonyl (C=O) groups is 1. The van der Waals surface area contributed by atoms with Crippen LogP contribution in [0.5, 0.6) is 0 Å². The molecule has 0 spiro atoms. The molecule has 23 heavy (non-hydrogen) atoms. The van der Waals surface area contributed by atoms with Crippen molar-refractivity contribution < 1.29 is 13.2 Å². The predicted octanol–water partition coefficient (Wildman–Crippen LogP) is 2.03. The van der Waals surface area contributed by atoms with E-state index in [1.54, 1.807) is 6.08 Å². The number of nitrogens with two attached hydrogens (primary N) is 1. The van der Waals surface area contributed by atoms with Gasteiger partial charge in [-0.25, -0.2) is 8.42 Å². The summed E-state index contributed by atoms with van der Waals surface area (Å²) in [7, 11) is -3.65. The summed E-state index contributed by atoms with van der Waals surface area (Å²) in [6.45, 7) is -0.230. The number of amides is 1. The molecule has 6 heteroatoms. The van der Waals surface area contributed by atoms with Crippen LogP contribution in [0.25, 0.3) is 6.08 Å². The van der Waals surface area contributed by atoms with Crippen molar-refractivity contribution in [2.45, 2.75) is 44.6 Å². The van der Waals surface area contributed by atoms with E-state index in [2.05, 4.69) is 0 Å². The lowest BCUT2D eigenvalue weighted by molar-refractivity contribution is -0.118. The zero-order valence-electron chi connectivity index (χ0n) is 13.1. The third kappa shape index (κ3) is 3.33. The molecule has 0 unspecified atom stereocenters. The van der Waals surface area contributed by atoms with Crippen LogP contribution < -0.4 is 5.73 Å². The molecule has 0 radical (unpaired) electrons. The van der Waals surface area contributed by atoms with Crippen LogP contribution in [0.15, 0.2) is 29.2 Å². The van der Waals surface area contributed by atoms with E-state index in [0.717, 1.165) is 36.8 Å². The number of rotatable bonds is 5. The van der Waals surface area contributed by atoms with E-state index in [9.17, 15) is 13.2 Å². The van der Waals surface area contributed by atoms with Crippen molar-refractivity contribution in [3.63, 3.8) is 0 Å². The first kappa shape index (κ1) is 16.2. The Balaban J connectivity index is 1.95. The minimum Gasteiger partial charge on any atom is -0.369 e. The van der Waals surface area contributed by atoms with Gasteiger partial charge in [-0.2, -0.15) is 4.31 Å². The van der Waals surface area contributed by atoms with Gasteiger partial charge in [0.05, 0.1) is 11.4 Å². The van der Waals surface area contributed by atoms with Crippen molar-refractivity contribution in [3.8, 4) is 0 Å². The molecule has 2 aliphatic rings. The second kappa shape index (κ2) is 6.45. The fourth-order valence-corrected chi connectivity index (χ4v) is 5.35. The summed E-state index contributed by atoms with van der Waals surface area (Å²) in [5, 5.41) is 0. The Kier molecular flexibility index (Phi) is 4.55. The topological polar surface area (TPSA) is 80.5 Å². The number of fused-ring (bicyclic) bond motifs is 1. The fraction of sp³-hybridized carbons (Fsp3) is 0.471. The average Bonchev–Trinajstić information content (AvgIpc) is 3.05. The zero-order chi connectivity index (χ0) is 16.4. The molecule has 3 rings (SSSR count). The molecule has 2 aliphatic carbocycles. The van der Waals surface area contributed by atoms with Gasteiger partial charge in [-0.3, -0.25) is 4.79 Å². The molecular formula is C17H22N2O3S. The van der Waals surface area contributed by atoms with E-state index in [1.807, 2.05) is 24.3 Å². The molecule has 0 heterocycles. The number of allylic oxidation sites excluding steroid dienone is 1. The monoisotopic (exact) mass is 334 g/mol. The molecule has 5 nitrogen and oxygen atoms in total. The summed E-state index contributed by atoms with van der Waals surface area (Å²) in [5.74, 6) is -0.600. The van der Waals surface area contributed by atoms with E-state index >= 15 is 0 Å². The van der Waals surface area contributed by atoms with Crippen LogP contribution in [-0.2, 0) is 21.2 Å². The molecular weight excluding hydrogens is 312 g/mol. The average molecular weight is 334 g/mol. The summed E-state index contributed by atoms with van der Waals surface area (Å²) in [6, 6.07) is 7.71. The minimum absolute atomic E-state index is 0.106. The van der Waals surface area contributed by atoms with Crippen LogP contribution in [0, 0.1) is 0 Å². The first-order valence-corrected chi connectivity index (χ1v) is 9.51. The Morgan fingerprint density at radius 3 is 2.57 bits per heavy atom. The summed E-state index contributed by atoms with van der Waals surface area (Å²) in [4.78, 5) is 11.8. The summed E-state index contributed by atoms with van der Waals surface area (Å²) in [6.07, 6.45) is 6.52. The molecule has 1 aromatic carbocycles. The first-order valence-electron chi connectivity index (χ1n) is 8.07. The Bertz CT molecular complexity index is 734. The normalized spacial score (nSPS) is 18.7. The number of hydrogen-bond donors (Lipinski definition) is 1. The van der Waals surface area contributed by atoms with Gasteiger partial charge >= 0.3 is 0 Å². The molecule has 1 aromatic rings. The first-order chi connectivity index (χ1) is 11.0. The summed E-state index contributed by atoms with van der Waals surface area (Å²) < 4.78 is 27.5. The standard InChI is InChI=1S/C17H22N2O3S/c18-17(20)12-19(15-7-3-4-8-15)23(21,22)16-10-9-13-5-1-2-6-14(13)11-16/h1-2,5-6,11,15H,3-4,7-10,12H2,(H2,18,20). The van der Waals surface area contributed by atoms with Gasteiger partial charge in [0.1, 0.15) is 0 Å². The van der Waals surface area contributed by atoms with E-state index in [0.29, 0.717) is 17.7 Å². The lowest BCUT2D eigenvalue weighted by Gasteiger charge is -2.29. The van der Waals surface area contributed by atoms with Crippen LogP contribution in [0.4, 0.5) is 0 Å². The molecule has 0 atom stereocenters. The van der Waals surface area contributed by atoms with Gasteiger partial charge in [-0.15, -0.1) is 0 Å². The predicted molar refractivity (Wildman–Crippen MR) is 89.8 cm³/mol. The molecule has 0 aliphatic heterocycles. The maximum absolute atomic E-state index is 13.1. The minimum atomic E-state index is -3.65. The number of primary amides is 1. The van der Waals surface area contributed by atoms with Gasteiger partial charge < -0.3 is 5.73 Å². The molecule has 0 saturated heterocycles. The van der Waals surface area contributed by atoms with Crippen molar-refractivity contribution in [3.05, 3.63) is 40.3 Å². The van der Waals surface area contributed by atoms with Gasteiger partial charge in [-0.05, 0) is 42.9 Å². The number of nitrogens with zero attached hydrogens (tertiary/aromatic N) is 1. The molecule has 1 fully saturated rings. The van der Waals surface area contributed by atoms with Crippen LogP contribution in [0.1, 0.15) is 43.2 Å². The molecule has 1 amide bonds. The molecule has 0 bridgehead atoms. The van der Waals surface area contributed by atoms with Crippen LogP contribution >= 0.6 is 0 Å². The van der Waals surface area contributed by atoms with Gasteiger partial charge in [0.2, 0.25) is 15.9 Å². The van der Waals surface area contributed by atoms with Crippen LogP contribution in [0.2, 0.25) is 0 Å². The van der Waals surface area contributed by atoms with Crippen LogP contribution in [0.3, 0.4) is 0 Å². The Hall–Kier alpha value is -1.66. The number of sulfonamides is 1. The van der Waals surface area contributed by atoms with Crippen molar-refractivity contribution >= 4 is 22.0 Å².